The number of benzene rings is 2. The van der Waals surface area contributed by atoms with Gasteiger partial charge in [-0.3, -0.25) is 19.5 Å². The zero-order valence-corrected chi connectivity index (χ0v) is 27.6. The van der Waals surface area contributed by atoms with E-state index in [1.165, 1.54) is 35.0 Å². The Bertz CT molecular complexity index is 1800. The number of rotatable bonds is 6. The molecule has 3 amide bonds. The Kier molecular flexibility index (Phi) is 12.1. The van der Waals surface area contributed by atoms with Crippen molar-refractivity contribution in [1.29, 1.82) is 0 Å². The van der Waals surface area contributed by atoms with Crippen molar-refractivity contribution in [3.8, 4) is 11.3 Å². The van der Waals surface area contributed by atoms with Gasteiger partial charge < -0.3 is 34.9 Å². The first-order valence-electron chi connectivity index (χ1n) is 15.2. The van der Waals surface area contributed by atoms with Crippen molar-refractivity contribution in [2.24, 2.45) is 13.0 Å². The van der Waals surface area contributed by atoms with Crippen LogP contribution in [-0.2, 0) is 22.8 Å². The molecular weight excluding hydrogens is 669 g/mol. The number of alkyl halides is 3. The lowest BCUT2D eigenvalue weighted by Crippen LogP contribution is -2.51. The quantitative estimate of drug-likeness (QED) is 0.237. The van der Waals surface area contributed by atoms with Crippen LogP contribution in [0.1, 0.15) is 39.5 Å². The number of aromatic amines is 1. The van der Waals surface area contributed by atoms with E-state index in [1.807, 2.05) is 11.9 Å². The molecule has 2 aromatic carbocycles. The SMILES string of the molecule is C=O.CO.Cn1c(-c2ccc3n[nH]c(C(F)(F)F)c3c2)cnc1C(=O)Nc1ccc(C(=O)N2CCN(C(=O)C[C@@H]3CCNC3)CC2)c(Cl)c1. The van der Waals surface area contributed by atoms with Crippen molar-refractivity contribution in [2.75, 3.05) is 51.7 Å². The highest BCUT2D eigenvalue weighted by Gasteiger charge is 2.35. The molecule has 1 atom stereocenters. The largest absolute Gasteiger partial charge is 0.433 e. The van der Waals surface area contributed by atoms with Gasteiger partial charge in [0.2, 0.25) is 5.91 Å². The van der Waals surface area contributed by atoms with Gasteiger partial charge in [0, 0.05) is 63.4 Å². The number of imidazole rings is 1. The summed E-state index contributed by atoms with van der Waals surface area (Å²) in [6.45, 7) is 5.52. The van der Waals surface area contributed by atoms with Crippen molar-refractivity contribution in [3.05, 3.63) is 64.7 Å². The van der Waals surface area contributed by atoms with Gasteiger partial charge in [0.1, 0.15) is 12.5 Å². The van der Waals surface area contributed by atoms with Crippen LogP contribution in [0.4, 0.5) is 18.9 Å². The molecule has 2 aliphatic rings. The van der Waals surface area contributed by atoms with E-state index >= 15 is 0 Å². The lowest BCUT2D eigenvalue weighted by atomic mass is 10.0. The first-order valence-corrected chi connectivity index (χ1v) is 15.6. The molecule has 262 valence electrons. The number of hydrogen-bond donors (Lipinski definition) is 4. The number of halogens is 4. The molecular formula is C32H36ClF3N8O5. The molecule has 17 heteroatoms. The minimum absolute atomic E-state index is 0.0150. The molecule has 0 spiro atoms. The van der Waals surface area contributed by atoms with E-state index in [-0.39, 0.29) is 39.1 Å². The number of anilines is 1. The molecule has 4 heterocycles. The lowest BCUT2D eigenvalue weighted by molar-refractivity contribution is -0.140. The maximum absolute atomic E-state index is 13.4. The summed E-state index contributed by atoms with van der Waals surface area (Å²) in [7, 11) is 2.58. The predicted molar refractivity (Wildman–Crippen MR) is 176 cm³/mol. The fourth-order valence-electron chi connectivity index (χ4n) is 5.82. The Hall–Kier alpha value is -4.80. The molecule has 13 nitrogen and oxygen atoms in total. The van der Waals surface area contributed by atoms with Crippen molar-refractivity contribution in [3.63, 3.8) is 0 Å². The third kappa shape index (κ3) is 8.26. The van der Waals surface area contributed by atoms with E-state index in [0.717, 1.165) is 26.6 Å². The summed E-state index contributed by atoms with van der Waals surface area (Å²) in [5.41, 5.74) is 0.660. The number of nitrogens with one attached hydrogen (secondary N) is 3. The second-order valence-electron chi connectivity index (χ2n) is 11.2. The average Bonchev–Trinajstić information content (AvgIpc) is 3.86. The normalized spacial score (nSPS) is 16.0. The average molecular weight is 705 g/mol. The van der Waals surface area contributed by atoms with Crippen LogP contribution in [0.15, 0.2) is 42.6 Å². The fraction of sp³-hybridized carbons (Fsp3) is 0.375. The maximum Gasteiger partial charge on any atom is 0.433 e. The highest BCUT2D eigenvalue weighted by molar-refractivity contribution is 6.34. The van der Waals surface area contributed by atoms with Crippen LogP contribution in [0.25, 0.3) is 22.2 Å². The van der Waals surface area contributed by atoms with Crippen LogP contribution < -0.4 is 10.6 Å². The number of aliphatic hydroxyl groups excluding tert-OH is 1. The zero-order chi connectivity index (χ0) is 35.9. The van der Waals surface area contributed by atoms with Gasteiger partial charge in [0.15, 0.2) is 5.82 Å². The van der Waals surface area contributed by atoms with Crippen LogP contribution in [0.5, 0.6) is 0 Å². The number of hydrogen-bond acceptors (Lipinski definition) is 8. The Morgan fingerprint density at radius 3 is 2.39 bits per heavy atom. The van der Waals surface area contributed by atoms with E-state index < -0.39 is 17.8 Å². The highest BCUT2D eigenvalue weighted by Crippen LogP contribution is 2.35. The topological polar surface area (TPSA) is 166 Å². The van der Waals surface area contributed by atoms with Gasteiger partial charge >= 0.3 is 6.18 Å². The second kappa shape index (κ2) is 16.1. The molecule has 49 heavy (non-hydrogen) atoms. The molecule has 0 aliphatic carbocycles. The van der Waals surface area contributed by atoms with Gasteiger partial charge in [-0.15, -0.1) is 0 Å². The molecule has 0 radical (unpaired) electrons. The van der Waals surface area contributed by atoms with Crippen LogP contribution in [0.2, 0.25) is 5.02 Å². The highest BCUT2D eigenvalue weighted by atomic mass is 35.5. The molecule has 0 saturated carbocycles. The number of aromatic nitrogens is 4. The van der Waals surface area contributed by atoms with E-state index in [4.69, 9.17) is 21.5 Å². The number of amides is 3. The number of nitrogens with zero attached hydrogens (tertiary/aromatic N) is 5. The fourth-order valence-corrected chi connectivity index (χ4v) is 6.08. The van der Waals surface area contributed by atoms with Crippen LogP contribution in [-0.4, -0.2) is 106 Å². The van der Waals surface area contributed by atoms with Crippen molar-refractivity contribution in [2.45, 2.75) is 19.0 Å². The first-order chi connectivity index (χ1) is 23.5. The van der Waals surface area contributed by atoms with Crippen molar-refractivity contribution in [1.82, 2.24) is 34.9 Å². The smallest absolute Gasteiger partial charge is 0.400 e. The zero-order valence-electron chi connectivity index (χ0n) is 26.8. The standard InChI is InChI=1S/C30H30ClF3N8O3.CH4O.CH2O/c1-40-24(18-2-5-23-21(13-18)26(39-38-23)30(32,33)34)16-36-27(40)28(44)37-19-3-4-20(22(31)14-19)29(45)42-10-8-41(9-11-42)25(43)12-17-6-7-35-15-17;2*1-2/h2-5,13-14,16-17,35H,6-12,15H2,1H3,(H,37,44)(H,38,39);2H,1H3;1H2/t17-;;/m0../s1. The monoisotopic (exact) mass is 704 g/mol. The van der Waals surface area contributed by atoms with E-state index in [9.17, 15) is 27.6 Å². The van der Waals surface area contributed by atoms with Gasteiger partial charge in [0.05, 0.1) is 28.0 Å². The summed E-state index contributed by atoms with van der Waals surface area (Å²) in [6, 6.07) is 8.97. The number of carbonyl (C=O) groups is 4. The third-order valence-electron chi connectivity index (χ3n) is 8.33. The Morgan fingerprint density at radius 2 is 1.76 bits per heavy atom. The molecule has 0 unspecified atom stereocenters. The minimum Gasteiger partial charge on any atom is -0.400 e. The number of fused-ring (bicyclic) bond motifs is 1. The van der Waals surface area contributed by atoms with Gasteiger partial charge in [-0.25, -0.2) is 4.98 Å². The summed E-state index contributed by atoms with van der Waals surface area (Å²) in [4.78, 5) is 54.6. The summed E-state index contributed by atoms with van der Waals surface area (Å²) < 4.78 is 41.6. The minimum atomic E-state index is -4.60. The Labute approximate surface area is 284 Å². The van der Waals surface area contributed by atoms with Crippen LogP contribution >= 0.6 is 11.6 Å². The van der Waals surface area contributed by atoms with Crippen LogP contribution in [0, 0.1) is 5.92 Å². The van der Waals surface area contributed by atoms with E-state index in [0.29, 0.717) is 55.5 Å². The summed E-state index contributed by atoms with van der Waals surface area (Å²) in [5, 5.41) is 18.8. The molecule has 4 N–H and O–H groups in total. The summed E-state index contributed by atoms with van der Waals surface area (Å²) in [6.07, 6.45) is -1.69. The molecule has 2 aromatic heterocycles. The lowest BCUT2D eigenvalue weighted by Gasteiger charge is -2.35. The second-order valence-corrected chi connectivity index (χ2v) is 11.6. The molecule has 2 aliphatic heterocycles. The first kappa shape index (κ1) is 37.0. The molecule has 2 fully saturated rings. The van der Waals surface area contributed by atoms with Gasteiger partial charge in [-0.05, 0) is 55.8 Å². The summed E-state index contributed by atoms with van der Waals surface area (Å²) >= 11 is 6.47. The Balaban J connectivity index is 0.00000130. The van der Waals surface area contributed by atoms with Gasteiger partial charge in [0.25, 0.3) is 11.8 Å². The molecule has 2 saturated heterocycles. The molecule has 4 aromatic rings. The third-order valence-corrected chi connectivity index (χ3v) is 8.64. The van der Waals surface area contributed by atoms with E-state index in [1.54, 1.807) is 29.0 Å². The van der Waals surface area contributed by atoms with Gasteiger partial charge in [-0.2, -0.15) is 18.3 Å². The number of piperazine rings is 1. The molecule has 6 rings (SSSR count). The number of H-pyrrole nitrogens is 1. The van der Waals surface area contributed by atoms with Crippen molar-refractivity contribution < 1.29 is 37.5 Å². The van der Waals surface area contributed by atoms with Crippen LogP contribution in [0.3, 0.4) is 0 Å². The predicted octanol–water partition coefficient (Wildman–Crippen LogP) is 3.60. The summed E-state index contributed by atoms with van der Waals surface area (Å²) in [5.74, 6) is -0.345. The maximum atomic E-state index is 13.4. The number of carbonyl (C=O) groups excluding carboxylic acids is 4. The Morgan fingerprint density at radius 1 is 1.06 bits per heavy atom. The van der Waals surface area contributed by atoms with Crippen molar-refractivity contribution >= 4 is 52.7 Å². The van der Waals surface area contributed by atoms with Gasteiger partial charge in [-0.1, -0.05) is 17.7 Å². The van der Waals surface area contributed by atoms with E-state index in [2.05, 4.69) is 20.7 Å². The number of aliphatic hydroxyl groups is 1. The molecule has 0 bridgehead atoms.